The molecule has 1 spiro atoms. The van der Waals surface area contributed by atoms with Crippen molar-refractivity contribution in [2.45, 2.75) is 57.0 Å². The van der Waals surface area contributed by atoms with Crippen molar-refractivity contribution in [2.75, 3.05) is 13.1 Å². The van der Waals surface area contributed by atoms with Gasteiger partial charge in [0.15, 0.2) is 0 Å². The zero-order valence-corrected chi connectivity index (χ0v) is 15.4. The molecule has 3 heterocycles. The summed E-state index contributed by atoms with van der Waals surface area (Å²) in [5.74, 6) is 0.869. The summed E-state index contributed by atoms with van der Waals surface area (Å²) in [5, 5.41) is 9.86. The van der Waals surface area contributed by atoms with Crippen LogP contribution < -0.4 is 0 Å². The fourth-order valence-electron chi connectivity index (χ4n) is 5.35. The van der Waals surface area contributed by atoms with E-state index in [0.29, 0.717) is 24.2 Å². The number of fused-ring (bicyclic) bond motifs is 1. The maximum absolute atomic E-state index is 12.5. The van der Waals surface area contributed by atoms with Crippen LogP contribution in [0.1, 0.15) is 57.1 Å². The fourth-order valence-corrected chi connectivity index (χ4v) is 5.35. The Kier molecular flexibility index (Phi) is 3.48. The number of likely N-dealkylation sites (tertiary alicyclic amines) is 1. The van der Waals surface area contributed by atoms with Crippen LogP contribution in [0.2, 0.25) is 0 Å². The number of pyridine rings is 1. The van der Waals surface area contributed by atoms with Crippen LogP contribution in [0, 0.1) is 11.3 Å². The summed E-state index contributed by atoms with van der Waals surface area (Å²) in [7, 11) is 0. The molecule has 5 nitrogen and oxygen atoms in total. The summed E-state index contributed by atoms with van der Waals surface area (Å²) in [6.07, 6.45) is 10.2. The summed E-state index contributed by atoms with van der Waals surface area (Å²) in [5.41, 5.74) is 1.97. The molecule has 0 radical (unpaired) electrons. The maximum atomic E-state index is 12.5. The number of amides is 1. The van der Waals surface area contributed by atoms with Crippen LogP contribution in [0.4, 0.5) is 0 Å². The highest BCUT2D eigenvalue weighted by molar-refractivity contribution is 5.81. The minimum absolute atomic E-state index is 0.0525. The molecule has 1 amide bonds. The monoisotopic (exact) mass is 353 g/mol. The fraction of sp³-hybridized carbons (Fsp3) is 0.619. The molecule has 2 aliphatic carbocycles. The van der Waals surface area contributed by atoms with Crippen molar-refractivity contribution in [3.63, 3.8) is 0 Å². The average molecular weight is 353 g/mol. The number of imidazole rings is 1. The minimum Gasteiger partial charge on any atom is -0.390 e. The minimum atomic E-state index is -0.616. The summed E-state index contributed by atoms with van der Waals surface area (Å²) >= 11 is 0. The van der Waals surface area contributed by atoms with Gasteiger partial charge in [-0.05, 0) is 57.6 Å². The number of hydrogen-bond acceptors (Lipinski definition) is 3. The Bertz CT molecular complexity index is 799. The first kappa shape index (κ1) is 16.3. The third kappa shape index (κ3) is 2.64. The van der Waals surface area contributed by atoms with Gasteiger partial charge in [-0.1, -0.05) is 6.07 Å². The first-order valence-electron chi connectivity index (χ1n) is 9.88. The molecular formula is C21H27N3O2. The quantitative estimate of drug-likeness (QED) is 0.903. The molecule has 3 fully saturated rings. The van der Waals surface area contributed by atoms with E-state index in [0.717, 1.165) is 18.7 Å². The average Bonchev–Trinajstić information content (AvgIpc) is 3.01. The molecule has 2 aromatic rings. The van der Waals surface area contributed by atoms with Gasteiger partial charge in [-0.2, -0.15) is 0 Å². The van der Waals surface area contributed by atoms with E-state index in [-0.39, 0.29) is 11.8 Å². The third-order valence-corrected chi connectivity index (χ3v) is 6.93. The lowest BCUT2D eigenvalue weighted by molar-refractivity contribution is -0.163. The van der Waals surface area contributed by atoms with E-state index in [9.17, 15) is 9.90 Å². The first-order chi connectivity index (χ1) is 12.4. The number of carbonyl (C=O) groups is 1. The summed E-state index contributed by atoms with van der Waals surface area (Å²) in [6.45, 7) is 3.67. The third-order valence-electron chi connectivity index (χ3n) is 6.93. The highest BCUT2D eigenvalue weighted by Crippen LogP contribution is 2.49. The van der Waals surface area contributed by atoms with Crippen molar-refractivity contribution in [3.05, 3.63) is 36.3 Å². The number of nitrogens with zero attached hydrogens (tertiary/aromatic N) is 3. The molecule has 1 saturated heterocycles. The van der Waals surface area contributed by atoms with Crippen LogP contribution in [0.15, 0.2) is 30.6 Å². The second-order valence-electron chi connectivity index (χ2n) is 9.20. The predicted molar refractivity (Wildman–Crippen MR) is 98.8 cm³/mol. The second-order valence-corrected chi connectivity index (χ2v) is 9.20. The molecular weight excluding hydrogens is 326 g/mol. The van der Waals surface area contributed by atoms with Gasteiger partial charge in [-0.3, -0.25) is 4.79 Å². The van der Waals surface area contributed by atoms with Crippen molar-refractivity contribution >= 4 is 11.6 Å². The van der Waals surface area contributed by atoms with Gasteiger partial charge in [-0.25, -0.2) is 4.98 Å². The maximum Gasteiger partial charge on any atom is 0.225 e. The lowest BCUT2D eigenvalue weighted by Gasteiger charge is -2.55. The molecule has 2 saturated carbocycles. The van der Waals surface area contributed by atoms with E-state index in [1.165, 1.54) is 31.4 Å². The first-order valence-corrected chi connectivity index (χ1v) is 9.88. The molecule has 2 aromatic heterocycles. The molecule has 0 aromatic carbocycles. The SMILES string of the molecule is CC1(O)CC(C(=O)N2CC3(CCC(c4cn5ccccc5n4)CC3)C2)C1. The predicted octanol–water partition coefficient (Wildman–Crippen LogP) is 2.98. The van der Waals surface area contributed by atoms with E-state index in [1.807, 2.05) is 24.0 Å². The highest BCUT2D eigenvalue weighted by atomic mass is 16.3. The second kappa shape index (κ2) is 5.56. The van der Waals surface area contributed by atoms with Gasteiger partial charge in [0.2, 0.25) is 5.91 Å². The molecule has 5 heteroatoms. The van der Waals surface area contributed by atoms with Crippen molar-refractivity contribution in [1.82, 2.24) is 14.3 Å². The summed E-state index contributed by atoms with van der Waals surface area (Å²) in [4.78, 5) is 19.3. The molecule has 26 heavy (non-hydrogen) atoms. The molecule has 0 unspecified atom stereocenters. The van der Waals surface area contributed by atoms with Gasteiger partial charge in [0.05, 0.1) is 11.3 Å². The summed E-state index contributed by atoms with van der Waals surface area (Å²) in [6, 6.07) is 6.13. The lowest BCUT2D eigenvalue weighted by Crippen LogP contribution is -2.62. The van der Waals surface area contributed by atoms with Crippen molar-refractivity contribution < 1.29 is 9.90 Å². The van der Waals surface area contributed by atoms with E-state index >= 15 is 0 Å². The Morgan fingerprint density at radius 1 is 1.23 bits per heavy atom. The Balaban J connectivity index is 1.17. The number of aromatic nitrogens is 2. The van der Waals surface area contributed by atoms with Crippen LogP contribution in [0.5, 0.6) is 0 Å². The Morgan fingerprint density at radius 2 is 1.96 bits per heavy atom. The van der Waals surface area contributed by atoms with Gasteiger partial charge < -0.3 is 14.4 Å². The molecule has 0 bridgehead atoms. The molecule has 0 atom stereocenters. The number of carbonyl (C=O) groups excluding carboxylic acids is 1. The van der Waals surface area contributed by atoms with Crippen LogP contribution in [0.25, 0.3) is 5.65 Å². The largest absolute Gasteiger partial charge is 0.390 e. The molecule has 138 valence electrons. The van der Waals surface area contributed by atoms with E-state index in [4.69, 9.17) is 4.98 Å². The van der Waals surface area contributed by atoms with Gasteiger partial charge in [0.25, 0.3) is 0 Å². The number of hydrogen-bond donors (Lipinski definition) is 1. The Morgan fingerprint density at radius 3 is 2.62 bits per heavy atom. The topological polar surface area (TPSA) is 57.8 Å². The number of rotatable bonds is 2. The normalized spacial score (nSPS) is 31.0. The van der Waals surface area contributed by atoms with E-state index in [1.54, 1.807) is 0 Å². The summed E-state index contributed by atoms with van der Waals surface area (Å²) < 4.78 is 2.11. The smallest absolute Gasteiger partial charge is 0.225 e. The van der Waals surface area contributed by atoms with Crippen molar-refractivity contribution in [1.29, 1.82) is 0 Å². The van der Waals surface area contributed by atoms with E-state index < -0.39 is 5.60 Å². The van der Waals surface area contributed by atoms with Crippen LogP contribution in [0.3, 0.4) is 0 Å². The van der Waals surface area contributed by atoms with Crippen molar-refractivity contribution in [3.8, 4) is 0 Å². The zero-order chi connectivity index (χ0) is 17.9. The van der Waals surface area contributed by atoms with Gasteiger partial charge >= 0.3 is 0 Å². The molecule has 5 rings (SSSR count). The van der Waals surface area contributed by atoms with Crippen LogP contribution in [-0.2, 0) is 4.79 Å². The van der Waals surface area contributed by atoms with E-state index in [2.05, 4.69) is 22.9 Å². The standard InChI is InChI=1S/C21H27N3O2/c1-20(26)10-16(11-20)19(25)24-13-21(14-24)7-5-15(6-8-21)17-12-23-9-3-2-4-18(23)22-17/h2-4,9,12,15-16,26H,5-8,10-11,13-14H2,1H3. The highest BCUT2D eigenvalue weighted by Gasteiger charge is 2.51. The zero-order valence-electron chi connectivity index (χ0n) is 15.4. The van der Waals surface area contributed by atoms with Crippen LogP contribution in [-0.4, -0.2) is 44.0 Å². The lowest BCUT2D eigenvalue weighted by atomic mass is 9.64. The Labute approximate surface area is 154 Å². The van der Waals surface area contributed by atoms with Gasteiger partial charge in [0, 0.05) is 42.7 Å². The number of aliphatic hydroxyl groups is 1. The van der Waals surface area contributed by atoms with Gasteiger partial charge in [0.1, 0.15) is 5.65 Å². The van der Waals surface area contributed by atoms with Crippen molar-refractivity contribution in [2.24, 2.45) is 11.3 Å². The molecule has 1 N–H and O–H groups in total. The molecule has 3 aliphatic rings. The van der Waals surface area contributed by atoms with Crippen LogP contribution >= 0.6 is 0 Å². The van der Waals surface area contributed by atoms with Gasteiger partial charge in [-0.15, -0.1) is 0 Å². The molecule has 1 aliphatic heterocycles. The Hall–Kier alpha value is -1.88.